The van der Waals surface area contributed by atoms with Crippen LogP contribution in [0.4, 0.5) is 13.2 Å². The summed E-state index contributed by atoms with van der Waals surface area (Å²) >= 11 is 3.85. The molecular formula is C9H9BrF3NOS. The van der Waals surface area contributed by atoms with E-state index in [-0.39, 0.29) is 21.4 Å². The van der Waals surface area contributed by atoms with Gasteiger partial charge < -0.3 is 5.11 Å². The van der Waals surface area contributed by atoms with Gasteiger partial charge in [0.05, 0.1) is 12.2 Å². The molecule has 0 aliphatic heterocycles. The minimum Gasteiger partial charge on any atom is -0.395 e. The van der Waals surface area contributed by atoms with Crippen LogP contribution in [0.3, 0.4) is 0 Å². The van der Waals surface area contributed by atoms with Crippen LogP contribution < -0.4 is 0 Å². The van der Waals surface area contributed by atoms with Crippen molar-refractivity contribution < 1.29 is 18.3 Å². The lowest BCUT2D eigenvalue weighted by Crippen LogP contribution is -2.10. The first-order chi connectivity index (χ1) is 7.34. The Bertz CT molecular complexity index is 372. The predicted octanol–water partition coefficient (Wildman–Crippen LogP) is 3.34. The molecule has 0 saturated carbocycles. The first-order valence-electron chi connectivity index (χ1n) is 4.35. The van der Waals surface area contributed by atoms with Crippen LogP contribution >= 0.6 is 27.7 Å². The highest BCUT2D eigenvalue weighted by Crippen LogP contribution is 2.37. The van der Waals surface area contributed by atoms with Gasteiger partial charge in [-0.25, -0.2) is 4.98 Å². The Morgan fingerprint density at radius 1 is 1.56 bits per heavy atom. The molecule has 0 bridgehead atoms. The number of thioether (sulfide) groups is 1. The number of aliphatic hydroxyl groups excluding tert-OH is 1. The van der Waals surface area contributed by atoms with E-state index in [1.54, 1.807) is 6.92 Å². The van der Waals surface area contributed by atoms with E-state index >= 15 is 0 Å². The molecule has 90 valence electrons. The average Bonchev–Trinajstić information content (AvgIpc) is 2.19. The van der Waals surface area contributed by atoms with Gasteiger partial charge in [0.2, 0.25) is 0 Å². The van der Waals surface area contributed by atoms with Crippen LogP contribution in [-0.4, -0.2) is 21.9 Å². The fraction of sp³-hybridized carbons (Fsp3) is 0.444. The Labute approximate surface area is 103 Å². The molecule has 0 aliphatic rings. The summed E-state index contributed by atoms with van der Waals surface area (Å²) < 4.78 is 38.2. The molecular weight excluding hydrogens is 307 g/mol. The minimum atomic E-state index is -4.44. The highest BCUT2D eigenvalue weighted by molar-refractivity contribution is 9.10. The van der Waals surface area contributed by atoms with E-state index in [0.29, 0.717) is 0 Å². The molecule has 1 atom stereocenters. The van der Waals surface area contributed by atoms with Crippen molar-refractivity contribution in [3.63, 3.8) is 0 Å². The molecule has 2 nitrogen and oxygen atoms in total. The van der Waals surface area contributed by atoms with Gasteiger partial charge in [0.15, 0.2) is 0 Å². The van der Waals surface area contributed by atoms with Gasteiger partial charge in [0, 0.05) is 15.9 Å². The first-order valence-corrected chi connectivity index (χ1v) is 6.02. The molecule has 1 rings (SSSR count). The second-order valence-corrected chi connectivity index (χ2v) is 5.46. The summed E-state index contributed by atoms with van der Waals surface area (Å²) in [5.41, 5.74) is -0.785. The summed E-state index contributed by atoms with van der Waals surface area (Å²) in [4.78, 5) is 3.72. The maximum Gasteiger partial charge on any atom is 0.419 e. The van der Waals surface area contributed by atoms with Crippen LogP contribution in [0.1, 0.15) is 12.5 Å². The second kappa shape index (κ2) is 5.37. The highest BCUT2D eigenvalue weighted by Gasteiger charge is 2.35. The van der Waals surface area contributed by atoms with Crippen LogP contribution in [-0.2, 0) is 6.18 Å². The van der Waals surface area contributed by atoms with Crippen LogP contribution in [0.2, 0.25) is 0 Å². The van der Waals surface area contributed by atoms with E-state index in [2.05, 4.69) is 20.9 Å². The molecule has 7 heteroatoms. The molecule has 1 unspecified atom stereocenters. The normalized spacial score (nSPS) is 13.9. The second-order valence-electron chi connectivity index (χ2n) is 3.12. The van der Waals surface area contributed by atoms with E-state index < -0.39 is 11.7 Å². The van der Waals surface area contributed by atoms with Crippen LogP contribution in [0.5, 0.6) is 0 Å². The summed E-state index contributed by atoms with van der Waals surface area (Å²) in [5, 5.41) is 8.37. The third kappa shape index (κ3) is 3.64. The number of rotatable bonds is 3. The topological polar surface area (TPSA) is 33.1 Å². The summed E-state index contributed by atoms with van der Waals surface area (Å²) in [6.07, 6.45) is -3.13. The molecule has 0 aliphatic carbocycles. The molecule has 0 saturated heterocycles. The largest absolute Gasteiger partial charge is 0.419 e. The molecule has 0 spiro atoms. The molecule has 16 heavy (non-hydrogen) atoms. The number of alkyl halides is 3. The van der Waals surface area contributed by atoms with Crippen molar-refractivity contribution in [2.45, 2.75) is 23.4 Å². The quantitative estimate of drug-likeness (QED) is 0.868. The van der Waals surface area contributed by atoms with Gasteiger partial charge in [-0.1, -0.05) is 6.92 Å². The van der Waals surface area contributed by atoms with Gasteiger partial charge >= 0.3 is 6.18 Å². The average molecular weight is 316 g/mol. The lowest BCUT2D eigenvalue weighted by Gasteiger charge is -2.13. The Morgan fingerprint density at radius 3 is 2.69 bits per heavy atom. The smallest absolute Gasteiger partial charge is 0.395 e. The van der Waals surface area contributed by atoms with Crippen molar-refractivity contribution in [3.8, 4) is 0 Å². The summed E-state index contributed by atoms with van der Waals surface area (Å²) in [6, 6.07) is 0.986. The van der Waals surface area contributed by atoms with E-state index in [9.17, 15) is 13.2 Å². The van der Waals surface area contributed by atoms with Crippen molar-refractivity contribution in [1.82, 2.24) is 4.98 Å². The molecule has 0 aromatic carbocycles. The summed E-state index contributed by atoms with van der Waals surface area (Å²) in [7, 11) is 0. The number of halogens is 4. The van der Waals surface area contributed by atoms with E-state index in [0.717, 1.165) is 17.8 Å². The van der Waals surface area contributed by atoms with Crippen LogP contribution in [0.15, 0.2) is 21.8 Å². The Hall–Kier alpha value is -0.270. The molecule has 0 radical (unpaired) electrons. The highest BCUT2D eigenvalue weighted by atomic mass is 79.9. The maximum absolute atomic E-state index is 12.6. The minimum absolute atomic E-state index is 0.114. The van der Waals surface area contributed by atoms with E-state index in [1.165, 1.54) is 6.20 Å². The van der Waals surface area contributed by atoms with Crippen molar-refractivity contribution in [3.05, 3.63) is 22.3 Å². The zero-order chi connectivity index (χ0) is 12.3. The molecule has 1 heterocycles. The lowest BCUT2D eigenvalue weighted by molar-refractivity contribution is -0.140. The van der Waals surface area contributed by atoms with Crippen LogP contribution in [0, 0.1) is 0 Å². The van der Waals surface area contributed by atoms with Crippen molar-refractivity contribution in [1.29, 1.82) is 0 Å². The summed E-state index contributed by atoms with van der Waals surface area (Å²) in [6.45, 7) is 1.44. The molecule has 1 N–H and O–H groups in total. The first kappa shape index (κ1) is 13.8. The van der Waals surface area contributed by atoms with Crippen molar-refractivity contribution >= 4 is 27.7 Å². The third-order valence-electron chi connectivity index (χ3n) is 1.69. The standard InChI is InChI=1S/C9H9BrF3NOS/c1-5(4-15)16-8-7(9(11,12)13)2-6(10)3-14-8/h2-3,5,15H,4H2,1H3. The maximum atomic E-state index is 12.6. The Kier molecular flexibility index (Phi) is 4.63. The third-order valence-corrected chi connectivity index (χ3v) is 3.23. The van der Waals surface area contributed by atoms with Gasteiger partial charge in [0.25, 0.3) is 0 Å². The molecule has 1 aromatic rings. The number of pyridine rings is 1. The monoisotopic (exact) mass is 315 g/mol. The van der Waals surface area contributed by atoms with Gasteiger partial charge in [-0.15, -0.1) is 11.8 Å². The van der Waals surface area contributed by atoms with Crippen molar-refractivity contribution in [2.75, 3.05) is 6.61 Å². The Morgan fingerprint density at radius 2 is 2.19 bits per heavy atom. The van der Waals surface area contributed by atoms with Gasteiger partial charge in [0.1, 0.15) is 5.03 Å². The van der Waals surface area contributed by atoms with Gasteiger partial charge in [-0.2, -0.15) is 13.2 Å². The molecule has 1 aromatic heterocycles. The summed E-state index contributed by atoms with van der Waals surface area (Å²) in [5.74, 6) is 0. The fourth-order valence-electron chi connectivity index (χ4n) is 0.952. The molecule has 0 amide bonds. The van der Waals surface area contributed by atoms with E-state index in [1.807, 2.05) is 0 Å². The zero-order valence-corrected chi connectivity index (χ0v) is 10.7. The van der Waals surface area contributed by atoms with Gasteiger partial charge in [-0.05, 0) is 22.0 Å². The number of aliphatic hydroxyl groups is 1. The number of nitrogens with zero attached hydrogens (tertiary/aromatic N) is 1. The molecule has 0 fully saturated rings. The predicted molar refractivity (Wildman–Crippen MR) is 59.3 cm³/mol. The van der Waals surface area contributed by atoms with Crippen molar-refractivity contribution in [2.24, 2.45) is 0 Å². The van der Waals surface area contributed by atoms with Gasteiger partial charge in [-0.3, -0.25) is 0 Å². The van der Waals surface area contributed by atoms with Crippen LogP contribution in [0.25, 0.3) is 0 Å². The Balaban J connectivity index is 3.08. The SMILES string of the molecule is CC(CO)Sc1ncc(Br)cc1C(F)(F)F. The number of aromatic nitrogens is 1. The zero-order valence-electron chi connectivity index (χ0n) is 8.25. The number of hydrogen-bond donors (Lipinski definition) is 1. The van der Waals surface area contributed by atoms with E-state index in [4.69, 9.17) is 5.11 Å². The fourth-order valence-corrected chi connectivity index (χ4v) is 2.15. The lowest BCUT2D eigenvalue weighted by atomic mass is 10.3. The number of hydrogen-bond acceptors (Lipinski definition) is 3.